The van der Waals surface area contributed by atoms with Crippen LogP contribution in [0.2, 0.25) is 0 Å². The van der Waals surface area contributed by atoms with Gasteiger partial charge in [0.25, 0.3) is 0 Å². The standard InChI is InChI=1S/C7H10ClN3O2/c1-3(2)5-9-6(11-10-5)4(8)7(12)13/h3-4H,1-2H3,(H,12,13)(H,9,10,11). The van der Waals surface area contributed by atoms with Crippen molar-refractivity contribution in [1.82, 2.24) is 15.2 Å². The highest BCUT2D eigenvalue weighted by Crippen LogP contribution is 2.18. The summed E-state index contributed by atoms with van der Waals surface area (Å²) >= 11 is 5.53. The van der Waals surface area contributed by atoms with E-state index in [-0.39, 0.29) is 11.7 Å². The lowest BCUT2D eigenvalue weighted by atomic mass is 10.2. The third-order valence-corrected chi connectivity index (χ3v) is 1.89. The first kappa shape index (κ1) is 9.98. The number of hydrogen-bond acceptors (Lipinski definition) is 3. The zero-order valence-electron chi connectivity index (χ0n) is 7.28. The largest absolute Gasteiger partial charge is 0.480 e. The van der Waals surface area contributed by atoms with Crippen LogP contribution in [-0.4, -0.2) is 26.3 Å². The van der Waals surface area contributed by atoms with Crippen molar-refractivity contribution in [3.63, 3.8) is 0 Å². The Morgan fingerprint density at radius 3 is 2.62 bits per heavy atom. The van der Waals surface area contributed by atoms with Crippen LogP contribution < -0.4 is 0 Å². The number of aliphatic carboxylic acids is 1. The number of aromatic nitrogens is 3. The predicted molar refractivity (Wildman–Crippen MR) is 46.7 cm³/mol. The zero-order valence-corrected chi connectivity index (χ0v) is 8.04. The first-order chi connectivity index (χ1) is 6.02. The molecule has 0 spiro atoms. The van der Waals surface area contributed by atoms with Gasteiger partial charge in [-0.25, -0.2) is 4.98 Å². The molecule has 0 aliphatic rings. The Bertz CT molecular complexity index is 310. The molecule has 0 saturated heterocycles. The fourth-order valence-electron chi connectivity index (χ4n) is 0.776. The minimum absolute atomic E-state index is 0.155. The first-order valence-corrected chi connectivity index (χ1v) is 4.25. The van der Waals surface area contributed by atoms with Gasteiger partial charge in [0.05, 0.1) is 0 Å². The number of nitrogens with zero attached hydrogens (tertiary/aromatic N) is 2. The maximum absolute atomic E-state index is 10.5. The van der Waals surface area contributed by atoms with Crippen LogP contribution >= 0.6 is 11.6 Å². The summed E-state index contributed by atoms with van der Waals surface area (Å²) in [4.78, 5) is 14.4. The van der Waals surface area contributed by atoms with Gasteiger partial charge in [-0.15, -0.1) is 11.6 Å². The lowest BCUT2D eigenvalue weighted by Gasteiger charge is -1.97. The second kappa shape index (κ2) is 3.74. The summed E-state index contributed by atoms with van der Waals surface area (Å²) in [5.74, 6) is -0.226. The maximum Gasteiger partial charge on any atom is 0.329 e. The van der Waals surface area contributed by atoms with Crippen molar-refractivity contribution in [3.05, 3.63) is 11.6 Å². The van der Waals surface area contributed by atoms with Crippen molar-refractivity contribution in [2.45, 2.75) is 25.1 Å². The van der Waals surface area contributed by atoms with E-state index in [2.05, 4.69) is 15.2 Å². The first-order valence-electron chi connectivity index (χ1n) is 3.81. The number of halogens is 1. The maximum atomic E-state index is 10.5. The van der Waals surface area contributed by atoms with E-state index < -0.39 is 11.3 Å². The van der Waals surface area contributed by atoms with Gasteiger partial charge in [-0.05, 0) is 0 Å². The molecule has 0 saturated carbocycles. The van der Waals surface area contributed by atoms with Crippen molar-refractivity contribution in [1.29, 1.82) is 0 Å². The second-order valence-electron chi connectivity index (χ2n) is 2.93. The minimum atomic E-state index is -1.15. The Morgan fingerprint density at radius 1 is 1.62 bits per heavy atom. The number of carboxylic acids is 1. The van der Waals surface area contributed by atoms with Gasteiger partial charge in [-0.1, -0.05) is 13.8 Å². The van der Waals surface area contributed by atoms with Crippen molar-refractivity contribution in [2.24, 2.45) is 0 Å². The van der Waals surface area contributed by atoms with Gasteiger partial charge in [0, 0.05) is 5.92 Å². The van der Waals surface area contributed by atoms with Crippen LogP contribution in [0.3, 0.4) is 0 Å². The van der Waals surface area contributed by atoms with Crippen LogP contribution in [0.1, 0.15) is 36.8 Å². The Hall–Kier alpha value is -1.10. The fraction of sp³-hybridized carbons (Fsp3) is 0.571. The van der Waals surface area contributed by atoms with Gasteiger partial charge in [0.1, 0.15) is 0 Å². The molecule has 1 unspecified atom stereocenters. The number of rotatable bonds is 3. The van der Waals surface area contributed by atoms with E-state index in [4.69, 9.17) is 16.7 Å². The number of aromatic amines is 1. The lowest BCUT2D eigenvalue weighted by Crippen LogP contribution is -2.06. The number of carboxylic acid groups (broad SMARTS) is 1. The molecule has 0 aromatic carbocycles. The summed E-state index contributed by atoms with van der Waals surface area (Å²) in [6, 6.07) is 0. The topological polar surface area (TPSA) is 78.9 Å². The van der Waals surface area contributed by atoms with E-state index in [1.807, 2.05) is 13.8 Å². The molecule has 13 heavy (non-hydrogen) atoms. The second-order valence-corrected chi connectivity index (χ2v) is 3.37. The van der Waals surface area contributed by atoms with Crippen LogP contribution in [0, 0.1) is 0 Å². The van der Waals surface area contributed by atoms with Gasteiger partial charge >= 0.3 is 5.97 Å². The summed E-state index contributed by atoms with van der Waals surface area (Å²) in [5, 5.41) is 13.7. The molecule has 1 aromatic heterocycles. The third kappa shape index (κ3) is 2.18. The fourth-order valence-corrected chi connectivity index (χ4v) is 0.874. The van der Waals surface area contributed by atoms with E-state index in [0.717, 1.165) is 0 Å². The highest BCUT2D eigenvalue weighted by molar-refractivity contribution is 6.29. The average molecular weight is 204 g/mol. The lowest BCUT2D eigenvalue weighted by molar-refractivity contribution is -0.136. The van der Waals surface area contributed by atoms with Gasteiger partial charge in [-0.3, -0.25) is 9.89 Å². The SMILES string of the molecule is CC(C)c1n[nH]c(C(Cl)C(=O)O)n1. The molecular weight excluding hydrogens is 194 g/mol. The minimum Gasteiger partial charge on any atom is -0.480 e. The summed E-state index contributed by atoms with van der Waals surface area (Å²) in [6.45, 7) is 3.83. The van der Waals surface area contributed by atoms with Crippen LogP contribution in [0.5, 0.6) is 0 Å². The summed E-state index contributed by atoms with van der Waals surface area (Å²) in [5.41, 5.74) is 0. The van der Waals surface area contributed by atoms with Crippen LogP contribution in [-0.2, 0) is 4.79 Å². The third-order valence-electron chi connectivity index (χ3n) is 1.49. The Balaban J connectivity index is 2.85. The summed E-state index contributed by atoms with van der Waals surface area (Å²) in [6.07, 6.45) is 0. The molecule has 6 heteroatoms. The number of alkyl halides is 1. The Morgan fingerprint density at radius 2 is 2.23 bits per heavy atom. The molecule has 0 fully saturated rings. The number of carbonyl (C=O) groups is 1. The van der Waals surface area contributed by atoms with Crippen LogP contribution in [0.4, 0.5) is 0 Å². The molecule has 5 nitrogen and oxygen atoms in total. The number of nitrogens with one attached hydrogen (secondary N) is 1. The molecule has 0 radical (unpaired) electrons. The van der Waals surface area contributed by atoms with Gasteiger partial charge in [0.2, 0.25) is 0 Å². The predicted octanol–water partition coefficient (Wildman–Crippen LogP) is 1.29. The number of H-pyrrole nitrogens is 1. The van der Waals surface area contributed by atoms with Gasteiger partial charge in [0.15, 0.2) is 17.0 Å². The average Bonchev–Trinajstić information content (AvgIpc) is 2.50. The van der Waals surface area contributed by atoms with Gasteiger partial charge in [-0.2, -0.15) is 5.10 Å². The number of hydrogen-bond donors (Lipinski definition) is 2. The molecule has 1 heterocycles. The molecule has 0 bridgehead atoms. The molecule has 0 aliphatic carbocycles. The van der Waals surface area contributed by atoms with Crippen molar-refractivity contribution >= 4 is 17.6 Å². The summed E-state index contributed by atoms with van der Waals surface area (Å²) in [7, 11) is 0. The van der Waals surface area contributed by atoms with Crippen LogP contribution in [0.25, 0.3) is 0 Å². The van der Waals surface area contributed by atoms with E-state index in [1.54, 1.807) is 0 Å². The molecule has 1 rings (SSSR count). The quantitative estimate of drug-likeness (QED) is 0.726. The smallest absolute Gasteiger partial charge is 0.329 e. The van der Waals surface area contributed by atoms with E-state index in [9.17, 15) is 4.79 Å². The zero-order chi connectivity index (χ0) is 10.0. The van der Waals surface area contributed by atoms with Crippen LogP contribution in [0.15, 0.2) is 0 Å². The summed E-state index contributed by atoms with van der Waals surface area (Å²) < 4.78 is 0. The molecule has 2 N–H and O–H groups in total. The molecule has 0 amide bonds. The monoisotopic (exact) mass is 203 g/mol. The van der Waals surface area contributed by atoms with E-state index in [0.29, 0.717) is 5.82 Å². The molecule has 1 aromatic rings. The van der Waals surface area contributed by atoms with Crippen molar-refractivity contribution < 1.29 is 9.90 Å². The highest BCUT2D eigenvalue weighted by atomic mass is 35.5. The molecule has 1 atom stereocenters. The van der Waals surface area contributed by atoms with Crippen molar-refractivity contribution in [3.8, 4) is 0 Å². The van der Waals surface area contributed by atoms with E-state index in [1.165, 1.54) is 0 Å². The Kier molecular flexibility index (Phi) is 2.87. The van der Waals surface area contributed by atoms with Crippen molar-refractivity contribution in [2.75, 3.05) is 0 Å². The molecule has 0 aliphatic heterocycles. The molecular formula is C7H10ClN3O2. The Labute approximate surface area is 80.1 Å². The normalized spacial score (nSPS) is 13.2. The highest BCUT2D eigenvalue weighted by Gasteiger charge is 2.21. The molecule has 72 valence electrons. The van der Waals surface area contributed by atoms with E-state index >= 15 is 0 Å². The van der Waals surface area contributed by atoms with Gasteiger partial charge < -0.3 is 5.11 Å².